The first kappa shape index (κ1) is 36.6. The highest BCUT2D eigenvalue weighted by Gasteiger charge is 2.40. The maximum atomic E-state index is 4.84. The van der Waals surface area contributed by atoms with Gasteiger partial charge in [0.1, 0.15) is 0 Å². The molecule has 0 saturated carbocycles. The second kappa shape index (κ2) is 12.9. The van der Waals surface area contributed by atoms with Crippen LogP contribution in [0.4, 0.5) is 0 Å². The fourth-order valence-electron chi connectivity index (χ4n) is 12.0. The van der Waals surface area contributed by atoms with Gasteiger partial charge in [0.2, 0.25) is 0 Å². The Morgan fingerprint density at radius 1 is 0.400 bits per heavy atom. The maximum absolute atomic E-state index is 4.84. The highest BCUT2D eigenvalue weighted by Crippen LogP contribution is 2.57. The number of nitrogens with zero attached hydrogens (tertiary/aromatic N) is 3. The quantitative estimate of drug-likeness (QED) is 0.165. The lowest BCUT2D eigenvalue weighted by Crippen LogP contribution is -2.15. The maximum Gasteiger partial charge on any atom is 0.0717 e. The molecule has 2 aliphatic rings. The average molecular weight is 830 g/mol. The largest absolute Gasteiger partial charge is 0.309 e. The molecule has 12 aromatic rings. The standard InChI is InChI=1S/C62H43N3/c1-61(2)50-30-37(36-21-27-56-49(29-36)44-14-8-9-15-55(44)65(56)43-12-6-5-7-13-43)16-22-45(50)59-47-24-18-40-33-53-60(48-25-19-39(32-52(59)61)57(47)58(40)48)46-23-17-38(31-51(46)62(53,3)4)41-20-26-54(64-35-41)42-11-10-28-63-34-42/h5-35H,1-4H3. The number of rotatable bonds is 4. The van der Waals surface area contributed by atoms with Crippen molar-refractivity contribution in [1.82, 2.24) is 14.5 Å². The van der Waals surface area contributed by atoms with E-state index in [-0.39, 0.29) is 10.8 Å². The van der Waals surface area contributed by atoms with Crippen LogP contribution in [-0.2, 0) is 10.8 Å². The van der Waals surface area contributed by atoms with Gasteiger partial charge in [0, 0.05) is 57.0 Å². The normalized spacial score (nSPS) is 14.4. The molecule has 9 aromatic carbocycles. The van der Waals surface area contributed by atoms with Gasteiger partial charge in [-0.25, -0.2) is 0 Å². The first-order valence-corrected chi connectivity index (χ1v) is 22.8. The van der Waals surface area contributed by atoms with Gasteiger partial charge in [-0.15, -0.1) is 0 Å². The molecule has 0 amide bonds. The minimum absolute atomic E-state index is 0.167. The van der Waals surface area contributed by atoms with Crippen molar-refractivity contribution in [3.05, 3.63) is 211 Å². The van der Waals surface area contributed by atoms with E-state index in [2.05, 4.69) is 201 Å². The third kappa shape index (κ3) is 4.96. The molecule has 0 bridgehead atoms. The molecule has 3 aromatic heterocycles. The van der Waals surface area contributed by atoms with Crippen LogP contribution in [0.2, 0.25) is 0 Å². The summed E-state index contributed by atoms with van der Waals surface area (Å²) in [5, 5.41) is 10.6. The lowest BCUT2D eigenvalue weighted by Gasteiger charge is -2.24. The lowest BCUT2D eigenvalue weighted by atomic mass is 9.79. The Labute approximate surface area is 377 Å². The lowest BCUT2D eigenvalue weighted by molar-refractivity contribution is 0.661. The molecule has 2 aliphatic carbocycles. The molecule has 0 atom stereocenters. The zero-order chi connectivity index (χ0) is 43.3. The Morgan fingerprint density at radius 2 is 0.985 bits per heavy atom. The Kier molecular flexibility index (Phi) is 7.24. The molecular formula is C62H43N3. The van der Waals surface area contributed by atoms with E-state index in [1.807, 2.05) is 18.5 Å². The molecule has 0 saturated heterocycles. The van der Waals surface area contributed by atoms with Crippen LogP contribution in [0.15, 0.2) is 188 Å². The number of pyridine rings is 2. The van der Waals surface area contributed by atoms with Crippen LogP contribution in [0, 0.1) is 0 Å². The molecular weight excluding hydrogens is 787 g/mol. The van der Waals surface area contributed by atoms with Gasteiger partial charge < -0.3 is 4.57 Å². The fourth-order valence-corrected chi connectivity index (χ4v) is 12.0. The van der Waals surface area contributed by atoms with Crippen molar-refractivity contribution in [3.63, 3.8) is 0 Å². The number of para-hydroxylation sites is 2. The Morgan fingerprint density at radius 3 is 1.62 bits per heavy atom. The summed E-state index contributed by atoms with van der Waals surface area (Å²) in [6, 6.07) is 63.7. The predicted molar refractivity (Wildman–Crippen MR) is 272 cm³/mol. The van der Waals surface area contributed by atoms with Crippen molar-refractivity contribution in [2.45, 2.75) is 38.5 Å². The van der Waals surface area contributed by atoms with Gasteiger partial charge >= 0.3 is 0 Å². The zero-order valence-corrected chi connectivity index (χ0v) is 36.7. The summed E-state index contributed by atoms with van der Waals surface area (Å²) in [7, 11) is 0. The van der Waals surface area contributed by atoms with Crippen LogP contribution >= 0.6 is 0 Å². The molecule has 3 heterocycles. The van der Waals surface area contributed by atoms with Crippen molar-refractivity contribution in [2.24, 2.45) is 0 Å². The smallest absolute Gasteiger partial charge is 0.0717 e. The van der Waals surface area contributed by atoms with E-state index in [1.165, 1.54) is 121 Å². The summed E-state index contributed by atoms with van der Waals surface area (Å²) in [4.78, 5) is 9.13. The number of fused-ring (bicyclic) bond motifs is 11. The molecule has 0 spiro atoms. The third-order valence-corrected chi connectivity index (χ3v) is 15.2. The predicted octanol–water partition coefficient (Wildman–Crippen LogP) is 16.1. The molecule has 306 valence electrons. The van der Waals surface area contributed by atoms with Crippen LogP contribution < -0.4 is 0 Å². The summed E-state index contributed by atoms with van der Waals surface area (Å²) in [6.07, 6.45) is 5.66. The van der Waals surface area contributed by atoms with Gasteiger partial charge in [0.25, 0.3) is 0 Å². The van der Waals surface area contributed by atoms with Gasteiger partial charge in [-0.2, -0.15) is 0 Å². The summed E-state index contributed by atoms with van der Waals surface area (Å²) < 4.78 is 2.39. The van der Waals surface area contributed by atoms with Gasteiger partial charge in [0.05, 0.1) is 16.7 Å². The van der Waals surface area contributed by atoms with Crippen molar-refractivity contribution in [2.75, 3.05) is 0 Å². The summed E-state index contributed by atoms with van der Waals surface area (Å²) in [5.41, 5.74) is 21.0. The molecule has 0 radical (unpaired) electrons. The van der Waals surface area contributed by atoms with Crippen LogP contribution in [0.25, 0.3) is 116 Å². The molecule has 0 fully saturated rings. The monoisotopic (exact) mass is 829 g/mol. The van der Waals surface area contributed by atoms with Gasteiger partial charge in [0.15, 0.2) is 0 Å². The first-order valence-electron chi connectivity index (χ1n) is 22.8. The number of aromatic nitrogens is 3. The van der Waals surface area contributed by atoms with E-state index in [0.29, 0.717) is 0 Å². The van der Waals surface area contributed by atoms with Gasteiger partial charge in [-0.3, -0.25) is 9.97 Å². The molecule has 0 N–H and O–H groups in total. The first-order chi connectivity index (χ1) is 31.7. The van der Waals surface area contributed by atoms with E-state index in [4.69, 9.17) is 4.98 Å². The molecule has 0 aliphatic heterocycles. The Balaban J connectivity index is 0.896. The number of benzene rings is 9. The summed E-state index contributed by atoms with van der Waals surface area (Å²) in [6.45, 7) is 9.62. The van der Waals surface area contributed by atoms with Gasteiger partial charge in [-0.05, 0) is 166 Å². The number of hydrogen-bond donors (Lipinski definition) is 0. The minimum Gasteiger partial charge on any atom is -0.309 e. The van der Waals surface area contributed by atoms with Crippen LogP contribution in [0.5, 0.6) is 0 Å². The zero-order valence-electron chi connectivity index (χ0n) is 36.7. The topological polar surface area (TPSA) is 30.7 Å². The second-order valence-electron chi connectivity index (χ2n) is 19.4. The Bertz CT molecular complexity index is 3970. The highest BCUT2D eigenvalue weighted by atomic mass is 15.0. The van der Waals surface area contributed by atoms with E-state index < -0.39 is 0 Å². The minimum atomic E-state index is -0.172. The van der Waals surface area contributed by atoms with Crippen LogP contribution in [-0.4, -0.2) is 14.5 Å². The van der Waals surface area contributed by atoms with Crippen molar-refractivity contribution in [3.8, 4) is 61.5 Å². The molecule has 14 rings (SSSR count). The molecule has 65 heavy (non-hydrogen) atoms. The van der Waals surface area contributed by atoms with E-state index in [1.54, 1.807) is 6.20 Å². The van der Waals surface area contributed by atoms with Crippen molar-refractivity contribution < 1.29 is 0 Å². The van der Waals surface area contributed by atoms with E-state index in [0.717, 1.165) is 16.8 Å². The summed E-state index contributed by atoms with van der Waals surface area (Å²) in [5.74, 6) is 0. The SMILES string of the molecule is CC1(C)c2cc(-c3ccc(-c4cccnc4)nc3)ccc2-c2c1cc1ccc3c4c(cc5ccc2c1c53)C(C)(C)c1cc(-c2ccc3c(c2)c2ccccc2n3-c2ccccc2)ccc1-4. The average Bonchev–Trinajstić information content (AvgIpc) is 3.89. The third-order valence-electron chi connectivity index (χ3n) is 15.2. The summed E-state index contributed by atoms with van der Waals surface area (Å²) >= 11 is 0. The highest BCUT2D eigenvalue weighted by molar-refractivity contribution is 6.29. The number of hydrogen-bond acceptors (Lipinski definition) is 2. The van der Waals surface area contributed by atoms with Crippen LogP contribution in [0.3, 0.4) is 0 Å². The van der Waals surface area contributed by atoms with Gasteiger partial charge in [-0.1, -0.05) is 125 Å². The van der Waals surface area contributed by atoms with Crippen molar-refractivity contribution >= 4 is 54.1 Å². The fraction of sp³-hybridized carbons (Fsp3) is 0.0968. The van der Waals surface area contributed by atoms with Crippen molar-refractivity contribution in [1.29, 1.82) is 0 Å². The van der Waals surface area contributed by atoms with E-state index >= 15 is 0 Å². The second-order valence-corrected chi connectivity index (χ2v) is 19.4. The molecule has 3 heteroatoms. The van der Waals surface area contributed by atoms with Crippen LogP contribution in [0.1, 0.15) is 49.9 Å². The Hall–Kier alpha value is -7.88. The molecule has 0 unspecified atom stereocenters. The van der Waals surface area contributed by atoms with E-state index in [9.17, 15) is 0 Å². The molecule has 3 nitrogen and oxygen atoms in total.